The number of benzene rings is 1. The monoisotopic (exact) mass is 398 g/mol. The summed E-state index contributed by atoms with van der Waals surface area (Å²) in [7, 11) is 0. The number of halogens is 3. The molecule has 3 rings (SSSR count). The average molecular weight is 400 g/mol. The van der Waals surface area contributed by atoms with Gasteiger partial charge in [-0.15, -0.1) is 0 Å². The third kappa shape index (κ3) is 4.39. The lowest BCUT2D eigenvalue weighted by molar-refractivity contribution is 0.171. The molecule has 0 amide bonds. The van der Waals surface area contributed by atoms with Crippen molar-refractivity contribution < 1.29 is 4.39 Å². The molecule has 0 heterocycles. The molecule has 1 aromatic rings. The Balaban J connectivity index is 1.51. The minimum absolute atomic E-state index is 0.129. The Bertz CT molecular complexity index is 541. The number of allylic oxidation sites excluding steroid dienone is 1. The van der Waals surface area contributed by atoms with Gasteiger partial charge in [0.05, 0.1) is 4.47 Å². The van der Waals surface area contributed by atoms with Crippen LogP contribution in [0.1, 0.15) is 62.8 Å². The quantitative estimate of drug-likeness (QED) is 0.496. The Morgan fingerprint density at radius 3 is 2.13 bits per heavy atom. The second kappa shape index (κ2) is 8.16. The molecule has 0 bridgehead atoms. The van der Waals surface area contributed by atoms with Crippen molar-refractivity contribution in [2.75, 3.05) is 0 Å². The molecular weight excluding hydrogens is 375 g/mol. The third-order valence-electron chi connectivity index (χ3n) is 6.01. The number of hydrogen-bond donors (Lipinski definition) is 0. The van der Waals surface area contributed by atoms with Crippen molar-refractivity contribution in [3.05, 3.63) is 45.7 Å². The summed E-state index contributed by atoms with van der Waals surface area (Å²) in [5, 5.41) is 0. The highest BCUT2D eigenvalue weighted by atomic mass is 79.9. The number of hydrogen-bond acceptors (Lipinski definition) is 0. The van der Waals surface area contributed by atoms with Crippen molar-refractivity contribution in [1.82, 2.24) is 0 Å². The predicted molar refractivity (Wildman–Crippen MR) is 99.2 cm³/mol. The Kier molecular flexibility index (Phi) is 6.20. The van der Waals surface area contributed by atoms with Crippen molar-refractivity contribution in [2.45, 2.75) is 57.3 Å². The first-order valence-corrected chi connectivity index (χ1v) is 10.1. The first-order valence-electron chi connectivity index (χ1n) is 8.89. The molecular formula is C20H25BrClF. The normalized spacial score (nSPS) is 32.3. The molecule has 2 saturated carbocycles. The van der Waals surface area contributed by atoms with Gasteiger partial charge in [-0.3, -0.25) is 0 Å². The summed E-state index contributed by atoms with van der Waals surface area (Å²) >= 11 is 8.95. The topological polar surface area (TPSA) is 0 Å². The summed E-state index contributed by atoms with van der Waals surface area (Å²) < 4.78 is 14.3. The van der Waals surface area contributed by atoms with E-state index in [1.54, 1.807) is 11.6 Å². The fourth-order valence-electron chi connectivity index (χ4n) is 4.60. The van der Waals surface area contributed by atoms with Crippen molar-refractivity contribution in [3.8, 4) is 0 Å². The zero-order valence-corrected chi connectivity index (χ0v) is 15.8. The van der Waals surface area contributed by atoms with Crippen LogP contribution in [0.5, 0.6) is 0 Å². The van der Waals surface area contributed by atoms with Crippen LogP contribution in [0.3, 0.4) is 0 Å². The van der Waals surface area contributed by atoms with Crippen LogP contribution in [0.2, 0.25) is 0 Å². The second-order valence-electron chi connectivity index (χ2n) is 7.28. The van der Waals surface area contributed by atoms with E-state index < -0.39 is 0 Å². The van der Waals surface area contributed by atoms with Crippen molar-refractivity contribution in [2.24, 2.45) is 17.8 Å². The summed E-state index contributed by atoms with van der Waals surface area (Å²) in [4.78, 5) is 0. The van der Waals surface area contributed by atoms with Crippen LogP contribution in [0.15, 0.2) is 34.3 Å². The zero-order valence-electron chi connectivity index (χ0n) is 13.5. The molecule has 3 heteroatoms. The molecule has 2 aliphatic rings. The van der Waals surface area contributed by atoms with Gasteiger partial charge < -0.3 is 0 Å². The van der Waals surface area contributed by atoms with Crippen LogP contribution in [-0.4, -0.2) is 0 Å². The smallest absolute Gasteiger partial charge is 0.137 e. The van der Waals surface area contributed by atoms with Gasteiger partial charge in [0.2, 0.25) is 0 Å². The predicted octanol–water partition coefficient (Wildman–Crippen LogP) is 7.42. The molecule has 0 nitrogen and oxygen atoms in total. The van der Waals surface area contributed by atoms with E-state index in [1.165, 1.54) is 56.9 Å². The molecule has 0 unspecified atom stereocenters. The van der Waals surface area contributed by atoms with Gasteiger partial charge in [-0.25, -0.2) is 4.39 Å². The van der Waals surface area contributed by atoms with Gasteiger partial charge >= 0.3 is 0 Å². The lowest BCUT2D eigenvalue weighted by Gasteiger charge is -2.37. The Hall–Kier alpha value is -0.340. The summed E-state index contributed by atoms with van der Waals surface area (Å²) in [6.07, 6.45) is 12.5. The average Bonchev–Trinajstić information content (AvgIpc) is 2.59. The van der Waals surface area contributed by atoms with Gasteiger partial charge in [0.15, 0.2) is 0 Å². The van der Waals surface area contributed by atoms with E-state index in [9.17, 15) is 4.39 Å². The highest BCUT2D eigenvalue weighted by molar-refractivity contribution is 9.10. The third-order valence-corrected chi connectivity index (χ3v) is 6.80. The lowest BCUT2D eigenvalue weighted by Crippen LogP contribution is -2.25. The molecule has 0 radical (unpaired) electrons. The van der Waals surface area contributed by atoms with Crippen LogP contribution in [0, 0.1) is 23.6 Å². The summed E-state index contributed by atoms with van der Waals surface area (Å²) in [6, 6.07) is 5.66. The van der Waals surface area contributed by atoms with Gasteiger partial charge in [-0.05, 0) is 109 Å². The SMILES string of the molecule is Fc1cc(C2CCC([C@H]3CC[C@H](/C=C/Cl)CC3)CC2)ccc1Br. The molecule has 0 aromatic heterocycles. The Labute approximate surface area is 152 Å². The van der Waals surface area contributed by atoms with Crippen LogP contribution >= 0.6 is 27.5 Å². The zero-order chi connectivity index (χ0) is 16.2. The van der Waals surface area contributed by atoms with Crippen LogP contribution < -0.4 is 0 Å². The Morgan fingerprint density at radius 2 is 1.57 bits per heavy atom. The maximum absolute atomic E-state index is 13.7. The molecule has 2 aliphatic carbocycles. The van der Waals surface area contributed by atoms with E-state index in [-0.39, 0.29) is 5.82 Å². The molecule has 0 N–H and O–H groups in total. The Morgan fingerprint density at radius 1 is 0.957 bits per heavy atom. The number of rotatable bonds is 3. The molecule has 0 aliphatic heterocycles. The van der Waals surface area contributed by atoms with Gasteiger partial charge in [0, 0.05) is 5.54 Å². The summed E-state index contributed by atoms with van der Waals surface area (Å²) in [5.74, 6) is 2.90. The minimum Gasteiger partial charge on any atom is -0.206 e. The summed E-state index contributed by atoms with van der Waals surface area (Å²) in [5.41, 5.74) is 2.87. The van der Waals surface area contributed by atoms with Crippen molar-refractivity contribution in [3.63, 3.8) is 0 Å². The molecule has 0 saturated heterocycles. The first kappa shape index (κ1) is 17.5. The first-order chi connectivity index (χ1) is 11.2. The standard InChI is InChI=1S/C20H25BrClF/c21-19-10-9-18(13-20(19)23)17-7-5-16(6-8-17)15-3-1-14(2-4-15)11-12-22/h9-17H,1-8H2/b12-11+/t14-,15-,16?,17?. The van der Waals surface area contributed by atoms with E-state index in [4.69, 9.17) is 11.6 Å². The molecule has 23 heavy (non-hydrogen) atoms. The van der Waals surface area contributed by atoms with Crippen LogP contribution in [-0.2, 0) is 0 Å². The molecule has 126 valence electrons. The highest BCUT2D eigenvalue weighted by Crippen LogP contribution is 2.44. The highest BCUT2D eigenvalue weighted by Gasteiger charge is 2.30. The molecule has 0 spiro atoms. The van der Waals surface area contributed by atoms with E-state index in [2.05, 4.69) is 28.1 Å². The van der Waals surface area contributed by atoms with Gasteiger partial charge in [-0.2, -0.15) is 0 Å². The second-order valence-corrected chi connectivity index (χ2v) is 8.38. The largest absolute Gasteiger partial charge is 0.206 e. The van der Waals surface area contributed by atoms with E-state index in [0.717, 1.165) is 11.8 Å². The van der Waals surface area contributed by atoms with Gasteiger partial charge in [0.1, 0.15) is 5.82 Å². The van der Waals surface area contributed by atoms with Crippen molar-refractivity contribution in [1.29, 1.82) is 0 Å². The van der Waals surface area contributed by atoms with Crippen molar-refractivity contribution >= 4 is 27.5 Å². The lowest BCUT2D eigenvalue weighted by atomic mass is 9.68. The van der Waals surface area contributed by atoms with Gasteiger partial charge in [-0.1, -0.05) is 23.7 Å². The maximum Gasteiger partial charge on any atom is 0.137 e. The van der Waals surface area contributed by atoms with E-state index in [1.807, 2.05) is 6.07 Å². The molecule has 0 atom stereocenters. The maximum atomic E-state index is 13.7. The fraction of sp³-hybridized carbons (Fsp3) is 0.600. The fourth-order valence-corrected chi connectivity index (χ4v) is 5.05. The molecule has 1 aromatic carbocycles. The van der Waals surface area contributed by atoms with Gasteiger partial charge in [0.25, 0.3) is 0 Å². The van der Waals surface area contributed by atoms with E-state index >= 15 is 0 Å². The van der Waals surface area contributed by atoms with Crippen LogP contribution in [0.25, 0.3) is 0 Å². The minimum atomic E-state index is -0.129. The van der Waals surface area contributed by atoms with E-state index in [0.29, 0.717) is 16.3 Å². The van der Waals surface area contributed by atoms with Crippen LogP contribution in [0.4, 0.5) is 4.39 Å². The molecule has 2 fully saturated rings. The summed E-state index contributed by atoms with van der Waals surface area (Å²) in [6.45, 7) is 0.